The number of aromatic nitrogens is 1. The first-order valence-corrected chi connectivity index (χ1v) is 10.6. The van der Waals surface area contributed by atoms with Crippen molar-refractivity contribution in [1.29, 1.82) is 0 Å². The van der Waals surface area contributed by atoms with E-state index in [2.05, 4.69) is 16.4 Å². The quantitative estimate of drug-likeness (QED) is 0.555. The summed E-state index contributed by atoms with van der Waals surface area (Å²) in [5.74, 6) is 0.501. The normalized spacial score (nSPS) is 12.6. The van der Waals surface area contributed by atoms with Crippen LogP contribution in [0.25, 0.3) is 0 Å². The maximum atomic E-state index is 12.2. The molecule has 0 saturated heterocycles. The second-order valence-corrected chi connectivity index (χ2v) is 8.70. The van der Waals surface area contributed by atoms with Gasteiger partial charge in [0.2, 0.25) is 0 Å². The third kappa shape index (κ3) is 4.85. The molecule has 0 saturated carbocycles. The highest BCUT2D eigenvalue weighted by atomic mass is 35.5. The summed E-state index contributed by atoms with van der Waals surface area (Å²) in [7, 11) is 0. The van der Waals surface area contributed by atoms with E-state index in [4.69, 9.17) is 27.9 Å². The van der Waals surface area contributed by atoms with Crippen LogP contribution in [0, 0.1) is 0 Å². The highest BCUT2D eigenvalue weighted by molar-refractivity contribution is 7.15. The van der Waals surface area contributed by atoms with E-state index < -0.39 is 0 Å². The molecule has 0 fully saturated rings. The lowest BCUT2D eigenvalue weighted by Gasteiger charge is -2.07. The Morgan fingerprint density at radius 2 is 1.89 bits per heavy atom. The Bertz CT molecular complexity index is 999. The maximum Gasteiger partial charge on any atom is 0.264 e. The summed E-state index contributed by atoms with van der Waals surface area (Å²) in [4.78, 5) is 17.4. The number of thiazole rings is 1. The summed E-state index contributed by atoms with van der Waals surface area (Å²) in [5.41, 5.74) is 3.70. The number of amides is 1. The zero-order valence-electron chi connectivity index (χ0n) is 15.0. The lowest BCUT2D eigenvalue weighted by Crippen LogP contribution is -2.20. The molecule has 144 valence electrons. The fourth-order valence-corrected chi connectivity index (χ4v) is 4.74. The van der Waals surface area contributed by atoms with Crippen molar-refractivity contribution in [2.24, 2.45) is 0 Å². The first kappa shape index (κ1) is 19.2. The van der Waals surface area contributed by atoms with E-state index in [1.54, 1.807) is 12.3 Å². The average molecular weight is 433 g/mol. The number of ether oxygens (including phenoxy) is 1. The van der Waals surface area contributed by atoms with Gasteiger partial charge in [0.05, 0.1) is 0 Å². The molecule has 7 heteroatoms. The van der Waals surface area contributed by atoms with Crippen LogP contribution in [-0.4, -0.2) is 17.5 Å². The second-order valence-electron chi connectivity index (χ2n) is 6.71. The Morgan fingerprint density at radius 1 is 1.11 bits per heavy atom. The molecule has 28 heavy (non-hydrogen) atoms. The number of anilines is 1. The third-order valence-electron chi connectivity index (χ3n) is 4.54. The Morgan fingerprint density at radius 3 is 2.71 bits per heavy atom. The van der Waals surface area contributed by atoms with Crippen molar-refractivity contribution in [2.75, 3.05) is 11.9 Å². The van der Waals surface area contributed by atoms with E-state index in [9.17, 15) is 4.79 Å². The first-order valence-electron chi connectivity index (χ1n) is 8.99. The number of aryl methyl sites for hydroxylation is 2. The molecular formula is C21H18Cl2N2O2S. The second kappa shape index (κ2) is 8.52. The van der Waals surface area contributed by atoms with Gasteiger partial charge in [-0.1, -0.05) is 29.3 Å². The minimum atomic E-state index is -0.229. The van der Waals surface area contributed by atoms with Gasteiger partial charge in [-0.15, -0.1) is 11.3 Å². The largest absolute Gasteiger partial charge is 0.484 e. The highest BCUT2D eigenvalue weighted by Gasteiger charge is 2.13. The molecule has 1 aliphatic carbocycles. The van der Waals surface area contributed by atoms with Crippen LogP contribution >= 0.6 is 34.5 Å². The van der Waals surface area contributed by atoms with E-state index in [-0.39, 0.29) is 12.5 Å². The number of carbonyl (C=O) groups is 1. The highest BCUT2D eigenvalue weighted by Crippen LogP contribution is 2.27. The van der Waals surface area contributed by atoms with Gasteiger partial charge in [-0.2, -0.15) is 0 Å². The molecule has 1 amide bonds. The number of benzene rings is 2. The van der Waals surface area contributed by atoms with E-state index >= 15 is 0 Å². The van der Waals surface area contributed by atoms with Gasteiger partial charge in [0.15, 0.2) is 11.7 Å². The Kier molecular flexibility index (Phi) is 5.85. The zero-order valence-corrected chi connectivity index (χ0v) is 17.3. The molecule has 4 nitrogen and oxygen atoms in total. The van der Waals surface area contributed by atoms with Gasteiger partial charge in [0, 0.05) is 27.5 Å². The monoisotopic (exact) mass is 432 g/mol. The molecule has 0 atom stereocenters. The molecule has 0 spiro atoms. The topological polar surface area (TPSA) is 51.2 Å². The van der Waals surface area contributed by atoms with Gasteiger partial charge in [-0.3, -0.25) is 10.1 Å². The zero-order chi connectivity index (χ0) is 19.5. The number of hydrogen-bond acceptors (Lipinski definition) is 4. The molecule has 1 N–H and O–H groups in total. The smallest absolute Gasteiger partial charge is 0.264 e. The van der Waals surface area contributed by atoms with Gasteiger partial charge >= 0.3 is 0 Å². The number of carbonyl (C=O) groups excluding carboxylic acids is 1. The van der Waals surface area contributed by atoms with Crippen molar-refractivity contribution < 1.29 is 9.53 Å². The van der Waals surface area contributed by atoms with Gasteiger partial charge in [-0.25, -0.2) is 4.98 Å². The number of nitrogens with one attached hydrogen (secondary N) is 1. The molecule has 0 radical (unpaired) electrons. The standard InChI is InChI=1S/C21H18Cl2N2O2S/c22-16-6-13(7-17(23)10-16)8-19-11-24-21(28-19)25-20(26)12-27-18-5-4-14-2-1-3-15(14)9-18/h4-7,9-11H,1-3,8,12H2,(H,24,25,26). The Labute approximate surface area is 177 Å². The summed E-state index contributed by atoms with van der Waals surface area (Å²) < 4.78 is 5.63. The molecule has 3 aromatic rings. The molecule has 2 aromatic carbocycles. The van der Waals surface area contributed by atoms with Crippen LogP contribution in [0.4, 0.5) is 5.13 Å². The third-order valence-corrected chi connectivity index (χ3v) is 5.89. The molecule has 1 aromatic heterocycles. The summed E-state index contributed by atoms with van der Waals surface area (Å²) in [6, 6.07) is 11.5. The SMILES string of the molecule is O=C(COc1ccc2c(c1)CCC2)Nc1ncc(Cc2cc(Cl)cc(Cl)c2)s1. The summed E-state index contributed by atoms with van der Waals surface area (Å²) in [6.45, 7) is -0.0440. The molecule has 0 unspecified atom stereocenters. The maximum absolute atomic E-state index is 12.2. The molecule has 0 aliphatic heterocycles. The predicted molar refractivity (Wildman–Crippen MR) is 114 cm³/mol. The Hall–Kier alpha value is -2.08. The van der Waals surface area contributed by atoms with Crippen LogP contribution < -0.4 is 10.1 Å². The Balaban J connectivity index is 1.31. The average Bonchev–Trinajstić information content (AvgIpc) is 3.28. The molecular weight excluding hydrogens is 415 g/mol. The van der Waals surface area contributed by atoms with Crippen LogP contribution in [0.1, 0.15) is 28.0 Å². The van der Waals surface area contributed by atoms with Crippen molar-refractivity contribution in [1.82, 2.24) is 4.98 Å². The van der Waals surface area contributed by atoms with Crippen LogP contribution in [0.2, 0.25) is 10.0 Å². The van der Waals surface area contributed by atoms with Crippen molar-refractivity contribution in [3.63, 3.8) is 0 Å². The first-order chi connectivity index (χ1) is 13.5. The summed E-state index contributed by atoms with van der Waals surface area (Å²) >= 11 is 13.5. The molecule has 1 aliphatic rings. The summed E-state index contributed by atoms with van der Waals surface area (Å²) in [6.07, 6.45) is 5.80. The van der Waals surface area contributed by atoms with Gasteiger partial charge < -0.3 is 4.74 Å². The number of fused-ring (bicyclic) bond motifs is 1. The van der Waals surface area contributed by atoms with Crippen LogP contribution in [-0.2, 0) is 24.1 Å². The van der Waals surface area contributed by atoms with Crippen molar-refractivity contribution in [3.8, 4) is 5.75 Å². The van der Waals surface area contributed by atoms with E-state index in [1.807, 2.05) is 24.3 Å². The van der Waals surface area contributed by atoms with E-state index in [1.165, 1.54) is 28.9 Å². The van der Waals surface area contributed by atoms with Crippen LogP contribution in [0.5, 0.6) is 5.75 Å². The van der Waals surface area contributed by atoms with E-state index in [0.717, 1.165) is 29.0 Å². The lowest BCUT2D eigenvalue weighted by atomic mass is 10.1. The predicted octanol–water partition coefficient (Wildman–Crippen LogP) is 5.55. The van der Waals surface area contributed by atoms with Crippen LogP contribution in [0.15, 0.2) is 42.6 Å². The lowest BCUT2D eigenvalue weighted by molar-refractivity contribution is -0.118. The van der Waals surface area contributed by atoms with Gasteiger partial charge in [0.25, 0.3) is 5.91 Å². The van der Waals surface area contributed by atoms with Gasteiger partial charge in [-0.05, 0) is 66.3 Å². The fraction of sp³-hybridized carbons (Fsp3) is 0.238. The van der Waals surface area contributed by atoms with Crippen LogP contribution in [0.3, 0.4) is 0 Å². The number of halogens is 2. The number of nitrogens with zero attached hydrogens (tertiary/aromatic N) is 1. The minimum absolute atomic E-state index is 0.0440. The van der Waals surface area contributed by atoms with Crippen molar-refractivity contribution in [2.45, 2.75) is 25.7 Å². The van der Waals surface area contributed by atoms with Crippen molar-refractivity contribution >= 4 is 45.6 Å². The van der Waals surface area contributed by atoms with Crippen molar-refractivity contribution in [3.05, 3.63) is 74.2 Å². The molecule has 4 rings (SSSR count). The van der Waals surface area contributed by atoms with Gasteiger partial charge in [0.1, 0.15) is 5.75 Å². The summed E-state index contributed by atoms with van der Waals surface area (Å²) in [5, 5.41) is 4.53. The molecule has 1 heterocycles. The molecule has 0 bridgehead atoms. The fourth-order valence-electron chi connectivity index (χ4n) is 3.30. The van der Waals surface area contributed by atoms with E-state index in [0.29, 0.717) is 21.6 Å². The number of rotatable bonds is 6. The number of hydrogen-bond donors (Lipinski definition) is 1. The minimum Gasteiger partial charge on any atom is -0.484 e.